The number of nitrogens with one attached hydrogen (secondary N) is 1. The molecule has 1 rings (SSSR count). The van der Waals surface area contributed by atoms with Crippen molar-refractivity contribution >= 4 is 5.82 Å². The molecule has 0 aliphatic rings. The van der Waals surface area contributed by atoms with Gasteiger partial charge in [0.15, 0.2) is 0 Å². The molecule has 0 aromatic carbocycles. The van der Waals surface area contributed by atoms with E-state index in [2.05, 4.69) is 15.4 Å². The first-order valence-electron chi connectivity index (χ1n) is 5.56. The van der Waals surface area contributed by atoms with E-state index in [-0.39, 0.29) is 0 Å². The third-order valence-corrected chi connectivity index (χ3v) is 2.47. The van der Waals surface area contributed by atoms with Crippen molar-refractivity contribution < 1.29 is 9.47 Å². The first-order chi connectivity index (χ1) is 8.19. The molecule has 0 spiro atoms. The number of aryl methyl sites for hydroxylation is 1. The lowest BCUT2D eigenvalue weighted by molar-refractivity contribution is 0.0716. The highest BCUT2D eigenvalue weighted by molar-refractivity contribution is 5.44. The molecule has 0 radical (unpaired) electrons. The van der Waals surface area contributed by atoms with Crippen molar-refractivity contribution in [3.8, 4) is 0 Å². The van der Waals surface area contributed by atoms with Crippen LogP contribution in [0.3, 0.4) is 0 Å². The van der Waals surface area contributed by atoms with Gasteiger partial charge in [-0.05, 0) is 13.8 Å². The Balaban J connectivity index is 2.51. The van der Waals surface area contributed by atoms with Crippen molar-refractivity contribution in [1.29, 1.82) is 0 Å². The van der Waals surface area contributed by atoms with Gasteiger partial charge in [0.1, 0.15) is 11.6 Å². The minimum Gasteiger partial charge on any atom is -0.382 e. The van der Waals surface area contributed by atoms with Crippen LogP contribution in [-0.4, -0.2) is 36.9 Å². The fraction of sp³-hybridized carbons (Fsp3) is 0.636. The zero-order valence-corrected chi connectivity index (χ0v) is 10.6. The van der Waals surface area contributed by atoms with Gasteiger partial charge < -0.3 is 14.9 Å². The summed E-state index contributed by atoms with van der Waals surface area (Å²) in [5.41, 5.74) is 4.47. The summed E-state index contributed by atoms with van der Waals surface area (Å²) < 4.78 is 10.2. The molecule has 1 heterocycles. The van der Waals surface area contributed by atoms with Crippen molar-refractivity contribution in [1.82, 2.24) is 9.97 Å². The lowest BCUT2D eigenvalue weighted by Crippen LogP contribution is -2.14. The molecule has 6 heteroatoms. The smallest absolute Gasteiger partial charge is 0.146 e. The first kappa shape index (κ1) is 13.8. The molecular formula is C11H20N4O2. The van der Waals surface area contributed by atoms with Gasteiger partial charge in [-0.2, -0.15) is 0 Å². The normalized spacial score (nSPS) is 10.6. The lowest BCUT2D eigenvalue weighted by atomic mass is 10.2. The number of anilines is 1. The molecule has 1 aromatic heterocycles. The minimum absolute atomic E-state index is 0.579. The average Bonchev–Trinajstić information content (AvgIpc) is 2.33. The Morgan fingerprint density at radius 2 is 1.94 bits per heavy atom. The van der Waals surface area contributed by atoms with Crippen molar-refractivity contribution in [2.24, 2.45) is 5.84 Å². The van der Waals surface area contributed by atoms with Gasteiger partial charge in [0.2, 0.25) is 0 Å². The zero-order chi connectivity index (χ0) is 12.7. The summed E-state index contributed by atoms with van der Waals surface area (Å²) in [5.74, 6) is 6.80. The number of hydrogen-bond acceptors (Lipinski definition) is 6. The second kappa shape index (κ2) is 7.16. The van der Waals surface area contributed by atoms with E-state index < -0.39 is 0 Å². The summed E-state index contributed by atoms with van der Waals surface area (Å²) in [5, 5.41) is 0. The van der Waals surface area contributed by atoms with Crippen LogP contribution in [0.2, 0.25) is 0 Å². The summed E-state index contributed by atoms with van der Waals surface area (Å²) in [4.78, 5) is 8.69. The SMILES string of the molecule is COCCOCCc1nc(C)c(C)c(NN)n1. The topological polar surface area (TPSA) is 82.3 Å². The molecule has 0 aliphatic carbocycles. The Morgan fingerprint density at radius 3 is 2.59 bits per heavy atom. The van der Waals surface area contributed by atoms with Gasteiger partial charge >= 0.3 is 0 Å². The number of nitrogens with two attached hydrogens (primary N) is 1. The molecule has 0 atom stereocenters. The Morgan fingerprint density at radius 1 is 1.18 bits per heavy atom. The highest BCUT2D eigenvalue weighted by Gasteiger charge is 2.06. The van der Waals surface area contributed by atoms with Gasteiger partial charge in [-0.1, -0.05) is 0 Å². The molecule has 17 heavy (non-hydrogen) atoms. The number of rotatable bonds is 7. The molecule has 96 valence electrons. The maximum atomic E-state index is 5.39. The second-order valence-corrected chi connectivity index (χ2v) is 3.70. The maximum absolute atomic E-state index is 5.39. The largest absolute Gasteiger partial charge is 0.382 e. The first-order valence-corrected chi connectivity index (χ1v) is 5.56. The van der Waals surface area contributed by atoms with Crippen molar-refractivity contribution in [2.75, 3.05) is 32.4 Å². The van der Waals surface area contributed by atoms with E-state index in [1.165, 1.54) is 0 Å². The van der Waals surface area contributed by atoms with Crippen LogP contribution in [0.25, 0.3) is 0 Å². The number of hydrogen-bond donors (Lipinski definition) is 2. The number of nitrogens with zero attached hydrogens (tertiary/aromatic N) is 2. The summed E-state index contributed by atoms with van der Waals surface area (Å²) >= 11 is 0. The van der Waals surface area contributed by atoms with E-state index in [1.807, 2.05) is 13.8 Å². The third-order valence-electron chi connectivity index (χ3n) is 2.47. The molecular weight excluding hydrogens is 220 g/mol. The minimum atomic E-state index is 0.579. The second-order valence-electron chi connectivity index (χ2n) is 3.70. The zero-order valence-electron chi connectivity index (χ0n) is 10.6. The summed E-state index contributed by atoms with van der Waals surface area (Å²) in [6.45, 7) is 5.64. The molecule has 0 aliphatic heterocycles. The van der Waals surface area contributed by atoms with E-state index in [0.29, 0.717) is 32.1 Å². The van der Waals surface area contributed by atoms with E-state index in [4.69, 9.17) is 15.3 Å². The van der Waals surface area contributed by atoms with Crippen LogP contribution in [0, 0.1) is 13.8 Å². The van der Waals surface area contributed by atoms with Crippen LogP contribution in [0.1, 0.15) is 17.1 Å². The number of aromatic nitrogens is 2. The summed E-state index contributed by atoms with van der Waals surface area (Å²) in [6.07, 6.45) is 0.666. The van der Waals surface area contributed by atoms with Crippen LogP contribution in [-0.2, 0) is 15.9 Å². The van der Waals surface area contributed by atoms with Gasteiger partial charge in [-0.3, -0.25) is 0 Å². The van der Waals surface area contributed by atoms with E-state index in [0.717, 1.165) is 17.1 Å². The van der Waals surface area contributed by atoms with Crippen molar-refractivity contribution in [2.45, 2.75) is 20.3 Å². The molecule has 0 unspecified atom stereocenters. The fourth-order valence-corrected chi connectivity index (χ4v) is 1.35. The highest BCUT2D eigenvalue weighted by atomic mass is 16.5. The summed E-state index contributed by atoms with van der Waals surface area (Å²) in [7, 11) is 1.65. The monoisotopic (exact) mass is 240 g/mol. The van der Waals surface area contributed by atoms with E-state index in [9.17, 15) is 0 Å². The molecule has 0 amide bonds. The quantitative estimate of drug-likeness (QED) is 0.412. The fourth-order valence-electron chi connectivity index (χ4n) is 1.35. The Hall–Kier alpha value is -1.24. The van der Waals surface area contributed by atoms with Gasteiger partial charge in [0.25, 0.3) is 0 Å². The highest BCUT2D eigenvalue weighted by Crippen LogP contribution is 2.13. The molecule has 0 bridgehead atoms. The van der Waals surface area contributed by atoms with Gasteiger partial charge in [-0.25, -0.2) is 15.8 Å². The van der Waals surface area contributed by atoms with Gasteiger partial charge in [0.05, 0.1) is 19.8 Å². The van der Waals surface area contributed by atoms with E-state index >= 15 is 0 Å². The van der Waals surface area contributed by atoms with Crippen LogP contribution in [0.15, 0.2) is 0 Å². The molecule has 3 N–H and O–H groups in total. The molecule has 1 aromatic rings. The predicted octanol–water partition coefficient (Wildman–Crippen LogP) is 0.585. The molecule has 0 saturated carbocycles. The van der Waals surface area contributed by atoms with Crippen LogP contribution >= 0.6 is 0 Å². The molecule has 6 nitrogen and oxygen atoms in total. The number of methoxy groups -OCH3 is 1. The standard InChI is InChI=1S/C11H20N4O2/c1-8-9(2)13-10(14-11(8)15-12)4-5-17-7-6-16-3/h4-7,12H2,1-3H3,(H,13,14,15). The predicted molar refractivity (Wildman–Crippen MR) is 65.7 cm³/mol. The third kappa shape index (κ3) is 4.26. The summed E-state index contributed by atoms with van der Waals surface area (Å²) in [6, 6.07) is 0. The Bertz CT molecular complexity index is 358. The molecule has 0 fully saturated rings. The van der Waals surface area contributed by atoms with Crippen molar-refractivity contribution in [3.63, 3.8) is 0 Å². The van der Waals surface area contributed by atoms with Gasteiger partial charge in [0, 0.05) is 24.8 Å². The number of ether oxygens (including phenoxy) is 2. The number of nitrogen functional groups attached to an aromatic ring is 1. The maximum Gasteiger partial charge on any atom is 0.146 e. The van der Waals surface area contributed by atoms with Crippen LogP contribution < -0.4 is 11.3 Å². The van der Waals surface area contributed by atoms with Crippen LogP contribution in [0.4, 0.5) is 5.82 Å². The number of hydrazine groups is 1. The van der Waals surface area contributed by atoms with Crippen LogP contribution in [0.5, 0.6) is 0 Å². The van der Waals surface area contributed by atoms with E-state index in [1.54, 1.807) is 7.11 Å². The Labute approximate surface area is 102 Å². The van der Waals surface area contributed by atoms with Crippen molar-refractivity contribution in [3.05, 3.63) is 17.1 Å². The lowest BCUT2D eigenvalue weighted by Gasteiger charge is -2.09. The van der Waals surface area contributed by atoms with Gasteiger partial charge in [-0.15, -0.1) is 0 Å². The average molecular weight is 240 g/mol. The Kier molecular flexibility index (Phi) is 5.82. The molecule has 0 saturated heterocycles.